The Morgan fingerprint density at radius 2 is 2.44 bits per heavy atom. The predicted octanol–water partition coefficient (Wildman–Crippen LogP) is 0.815. The molecule has 0 N–H and O–H groups in total. The van der Waals surface area contributed by atoms with E-state index in [-0.39, 0.29) is 17.3 Å². The molecule has 0 unspecified atom stereocenters. The van der Waals surface area contributed by atoms with Gasteiger partial charge in [-0.05, 0) is 5.92 Å². The van der Waals surface area contributed by atoms with Crippen LogP contribution in [0, 0.1) is 17.3 Å². The number of carbonyl (C=O) groups is 1. The Bertz CT molecular complexity index is 176. The van der Waals surface area contributed by atoms with E-state index in [2.05, 4.69) is 13.8 Å². The van der Waals surface area contributed by atoms with E-state index in [0.29, 0.717) is 12.5 Å². The van der Waals surface area contributed by atoms with E-state index >= 15 is 0 Å². The van der Waals surface area contributed by atoms with Crippen LogP contribution in [0.25, 0.3) is 0 Å². The van der Waals surface area contributed by atoms with Gasteiger partial charge in [-0.2, -0.15) is 0 Å². The maximum atomic E-state index is 10.8. The second kappa shape index (κ2) is 1.15. The highest BCUT2D eigenvalue weighted by molar-refractivity contribution is 5.80. The van der Waals surface area contributed by atoms with Crippen LogP contribution in [0.4, 0.5) is 0 Å². The van der Waals surface area contributed by atoms with E-state index in [0.717, 1.165) is 0 Å². The van der Waals surface area contributed by atoms with Crippen LogP contribution >= 0.6 is 0 Å². The van der Waals surface area contributed by atoms with Crippen LogP contribution in [-0.4, -0.2) is 12.6 Å². The molecule has 1 saturated heterocycles. The second-order valence-electron chi connectivity index (χ2n) is 3.38. The van der Waals surface area contributed by atoms with E-state index in [1.54, 1.807) is 0 Å². The molecule has 0 radical (unpaired) electrons. The number of hydrogen-bond acceptors (Lipinski definition) is 2. The van der Waals surface area contributed by atoms with Crippen molar-refractivity contribution in [3.05, 3.63) is 0 Å². The third-order valence-electron chi connectivity index (χ3n) is 2.92. The molecule has 0 aromatic heterocycles. The molecule has 1 heterocycles. The molecule has 2 heteroatoms. The highest BCUT2D eigenvalue weighted by Gasteiger charge is 2.67. The van der Waals surface area contributed by atoms with Crippen molar-refractivity contribution in [3.63, 3.8) is 0 Å². The Hall–Kier alpha value is -0.530. The van der Waals surface area contributed by atoms with Gasteiger partial charge in [0.1, 0.15) is 0 Å². The minimum Gasteiger partial charge on any atom is -0.465 e. The molecule has 1 aliphatic heterocycles. The lowest BCUT2D eigenvalue weighted by Crippen LogP contribution is -2.05. The Balaban J connectivity index is 2.27. The molecule has 0 bridgehead atoms. The lowest BCUT2D eigenvalue weighted by Gasteiger charge is -2.02. The molecular weight excluding hydrogens is 116 g/mol. The van der Waals surface area contributed by atoms with Gasteiger partial charge in [-0.25, -0.2) is 0 Å². The molecule has 9 heavy (non-hydrogen) atoms. The number of hydrogen-bond donors (Lipinski definition) is 0. The van der Waals surface area contributed by atoms with Crippen LogP contribution in [0.2, 0.25) is 0 Å². The highest BCUT2D eigenvalue weighted by Crippen LogP contribution is 2.62. The number of esters is 1. The lowest BCUT2D eigenvalue weighted by molar-refractivity contribution is -0.141. The predicted molar refractivity (Wildman–Crippen MR) is 31.7 cm³/mol. The van der Waals surface area contributed by atoms with E-state index in [1.807, 2.05) is 0 Å². The first kappa shape index (κ1) is 5.27. The van der Waals surface area contributed by atoms with Crippen molar-refractivity contribution in [1.82, 2.24) is 0 Å². The summed E-state index contributed by atoms with van der Waals surface area (Å²) in [5, 5.41) is 0. The smallest absolute Gasteiger partial charge is 0.309 e. The van der Waals surface area contributed by atoms with Gasteiger partial charge in [0, 0.05) is 5.41 Å². The molecule has 3 atom stereocenters. The summed E-state index contributed by atoms with van der Waals surface area (Å²) in [5.74, 6) is 0.821. The zero-order chi connectivity index (χ0) is 6.65. The Morgan fingerprint density at radius 3 is 2.67 bits per heavy atom. The van der Waals surface area contributed by atoms with Gasteiger partial charge >= 0.3 is 5.97 Å². The fourth-order valence-electron chi connectivity index (χ4n) is 1.81. The number of carbonyl (C=O) groups excluding carboxylic acids is 1. The summed E-state index contributed by atoms with van der Waals surface area (Å²) in [6.45, 7) is 4.88. The van der Waals surface area contributed by atoms with E-state index in [4.69, 9.17) is 4.74 Å². The van der Waals surface area contributed by atoms with E-state index in [9.17, 15) is 4.79 Å². The van der Waals surface area contributed by atoms with Crippen LogP contribution in [0.1, 0.15) is 13.8 Å². The van der Waals surface area contributed by atoms with Crippen molar-refractivity contribution >= 4 is 5.97 Å². The SMILES string of the molecule is C[C@H]1[C@@H]2C(=O)OC[C@]12C. The van der Waals surface area contributed by atoms with Gasteiger partial charge in [-0.1, -0.05) is 13.8 Å². The van der Waals surface area contributed by atoms with Crippen molar-refractivity contribution in [2.24, 2.45) is 17.3 Å². The largest absolute Gasteiger partial charge is 0.465 e. The zero-order valence-corrected chi connectivity index (χ0v) is 5.68. The van der Waals surface area contributed by atoms with Crippen LogP contribution in [0.5, 0.6) is 0 Å². The molecule has 2 rings (SSSR count). The maximum Gasteiger partial charge on any atom is 0.309 e. The summed E-state index contributed by atoms with van der Waals surface area (Å²) in [5.41, 5.74) is 0.219. The average molecular weight is 126 g/mol. The number of fused-ring (bicyclic) bond motifs is 1. The van der Waals surface area contributed by atoms with Crippen molar-refractivity contribution in [1.29, 1.82) is 0 Å². The van der Waals surface area contributed by atoms with Crippen molar-refractivity contribution in [2.45, 2.75) is 13.8 Å². The maximum absolute atomic E-state index is 10.8. The Kier molecular flexibility index (Phi) is 0.675. The average Bonchev–Trinajstić information content (AvgIpc) is 2.13. The van der Waals surface area contributed by atoms with Crippen LogP contribution in [0.15, 0.2) is 0 Å². The second-order valence-corrected chi connectivity index (χ2v) is 3.38. The molecule has 50 valence electrons. The van der Waals surface area contributed by atoms with Crippen molar-refractivity contribution in [2.75, 3.05) is 6.61 Å². The molecule has 1 aliphatic carbocycles. The van der Waals surface area contributed by atoms with Gasteiger partial charge in [-0.3, -0.25) is 4.79 Å². The summed E-state index contributed by atoms with van der Waals surface area (Å²) in [6.07, 6.45) is 0. The molecule has 2 aliphatic rings. The molecule has 2 fully saturated rings. The first-order chi connectivity index (χ1) is 4.16. The molecule has 1 saturated carbocycles. The third-order valence-corrected chi connectivity index (χ3v) is 2.92. The van der Waals surface area contributed by atoms with Gasteiger partial charge in [0.25, 0.3) is 0 Å². The summed E-state index contributed by atoms with van der Waals surface area (Å²) < 4.78 is 4.85. The Labute approximate surface area is 54.2 Å². The quantitative estimate of drug-likeness (QED) is 0.449. The summed E-state index contributed by atoms with van der Waals surface area (Å²) >= 11 is 0. The molecule has 2 nitrogen and oxygen atoms in total. The Morgan fingerprint density at radius 1 is 1.78 bits per heavy atom. The molecular formula is C7H10O2. The summed E-state index contributed by atoms with van der Waals surface area (Å²) in [7, 11) is 0. The number of cyclic esters (lactones) is 1. The van der Waals surface area contributed by atoms with Gasteiger partial charge < -0.3 is 4.74 Å². The first-order valence-electron chi connectivity index (χ1n) is 3.33. The monoisotopic (exact) mass is 126 g/mol. The zero-order valence-electron chi connectivity index (χ0n) is 5.68. The summed E-state index contributed by atoms with van der Waals surface area (Å²) in [4.78, 5) is 10.8. The molecule has 0 amide bonds. The van der Waals surface area contributed by atoms with Crippen molar-refractivity contribution in [3.8, 4) is 0 Å². The molecule has 0 spiro atoms. The lowest BCUT2D eigenvalue weighted by atomic mass is 10.1. The van der Waals surface area contributed by atoms with Crippen LogP contribution < -0.4 is 0 Å². The van der Waals surface area contributed by atoms with Crippen LogP contribution in [-0.2, 0) is 9.53 Å². The summed E-state index contributed by atoms with van der Waals surface area (Å²) in [6, 6.07) is 0. The highest BCUT2D eigenvalue weighted by atomic mass is 16.5. The number of rotatable bonds is 0. The molecule has 0 aromatic rings. The topological polar surface area (TPSA) is 26.3 Å². The third kappa shape index (κ3) is 0.406. The van der Waals surface area contributed by atoms with Gasteiger partial charge in [-0.15, -0.1) is 0 Å². The fourth-order valence-corrected chi connectivity index (χ4v) is 1.81. The number of ether oxygens (including phenoxy) is 1. The van der Waals surface area contributed by atoms with Crippen LogP contribution in [0.3, 0.4) is 0 Å². The minimum atomic E-state index is 0.0185. The van der Waals surface area contributed by atoms with Gasteiger partial charge in [0.15, 0.2) is 0 Å². The van der Waals surface area contributed by atoms with Gasteiger partial charge in [0.2, 0.25) is 0 Å². The minimum absolute atomic E-state index is 0.0185. The standard InChI is InChI=1S/C7H10O2/c1-4-5-6(8)9-3-7(4,5)2/h4-5H,3H2,1-2H3/t4-,5+,7+/m0/s1. The van der Waals surface area contributed by atoms with Crippen molar-refractivity contribution < 1.29 is 9.53 Å². The van der Waals surface area contributed by atoms with E-state index in [1.165, 1.54) is 0 Å². The first-order valence-corrected chi connectivity index (χ1v) is 3.33. The molecule has 0 aromatic carbocycles. The fraction of sp³-hybridized carbons (Fsp3) is 0.857. The normalized spacial score (nSPS) is 54.7. The van der Waals surface area contributed by atoms with Gasteiger partial charge in [0.05, 0.1) is 12.5 Å². The van der Waals surface area contributed by atoms with E-state index < -0.39 is 0 Å².